The second-order valence-electron chi connectivity index (χ2n) is 8.15. The molecular weight excluding hydrogens is 583 g/mol. The molecule has 196 valence electrons. The van der Waals surface area contributed by atoms with Crippen molar-refractivity contribution in [2.24, 2.45) is 0 Å². The summed E-state index contributed by atoms with van der Waals surface area (Å²) < 4.78 is 5.12. The molecule has 0 bridgehead atoms. The van der Waals surface area contributed by atoms with Gasteiger partial charge in [0.2, 0.25) is 0 Å². The summed E-state index contributed by atoms with van der Waals surface area (Å²) in [5.41, 5.74) is 2.43. The molecule has 0 fully saturated rings. The lowest BCUT2D eigenvalue weighted by atomic mass is 10.2. The Morgan fingerprint density at radius 3 is 2.33 bits per heavy atom. The van der Waals surface area contributed by atoms with Crippen LogP contribution in [0.2, 0.25) is 10.0 Å². The first-order valence-electron chi connectivity index (χ1n) is 11.3. The van der Waals surface area contributed by atoms with E-state index in [1.165, 1.54) is 18.4 Å². The van der Waals surface area contributed by atoms with Crippen molar-refractivity contribution in [3.63, 3.8) is 0 Å². The minimum Gasteiger partial charge on any atom is -0.497 e. The topological polar surface area (TPSA) is 101 Å². The number of thiazole rings is 1. The molecule has 39 heavy (non-hydrogen) atoms. The number of hydrogen-bond donors (Lipinski definition) is 2. The molecule has 0 spiro atoms. The molecule has 0 radical (unpaired) electrons. The van der Waals surface area contributed by atoms with Crippen LogP contribution < -0.4 is 20.3 Å². The highest BCUT2D eigenvalue weighted by Gasteiger charge is 2.39. The van der Waals surface area contributed by atoms with E-state index in [0.29, 0.717) is 49.1 Å². The fraction of sp³-hybridized carbons (Fsp3) is 0.0370. The third-order valence-electron chi connectivity index (χ3n) is 5.71. The third-order valence-corrected chi connectivity index (χ3v) is 7.36. The SMILES string of the molecule is COc1ccc(N2C(=O)C(Cl)=C(Nc3ccc(C(=O)Nc4nc(-c5ccc(Cl)cc5Cl)cs4)cc3)C2=O)cc1. The number of methoxy groups -OCH3 is 1. The Kier molecular flexibility index (Phi) is 7.58. The van der Waals surface area contributed by atoms with Gasteiger partial charge in [0, 0.05) is 27.2 Å². The Morgan fingerprint density at radius 1 is 0.949 bits per heavy atom. The van der Waals surface area contributed by atoms with E-state index in [4.69, 9.17) is 39.5 Å². The van der Waals surface area contributed by atoms with Crippen LogP contribution in [0.3, 0.4) is 0 Å². The molecule has 0 saturated heterocycles. The lowest BCUT2D eigenvalue weighted by Gasteiger charge is -2.15. The van der Waals surface area contributed by atoms with Crippen molar-refractivity contribution in [1.29, 1.82) is 0 Å². The highest BCUT2D eigenvalue weighted by Crippen LogP contribution is 2.33. The largest absolute Gasteiger partial charge is 0.497 e. The molecule has 0 atom stereocenters. The molecule has 1 aliphatic rings. The van der Waals surface area contributed by atoms with Crippen LogP contribution in [0.4, 0.5) is 16.5 Å². The van der Waals surface area contributed by atoms with E-state index in [1.807, 2.05) is 0 Å². The van der Waals surface area contributed by atoms with Gasteiger partial charge < -0.3 is 10.1 Å². The number of aromatic nitrogens is 1. The first-order chi connectivity index (χ1) is 18.7. The number of halogens is 3. The number of imide groups is 1. The number of nitrogens with zero attached hydrogens (tertiary/aromatic N) is 2. The Hall–Kier alpha value is -3.89. The van der Waals surface area contributed by atoms with Crippen LogP contribution in [0.1, 0.15) is 10.4 Å². The zero-order valence-electron chi connectivity index (χ0n) is 20.0. The van der Waals surface area contributed by atoms with Crippen LogP contribution in [0, 0.1) is 0 Å². The van der Waals surface area contributed by atoms with Gasteiger partial charge in [-0.2, -0.15) is 0 Å². The maximum atomic E-state index is 13.0. The number of anilines is 3. The summed E-state index contributed by atoms with van der Waals surface area (Å²) >= 11 is 19.7. The van der Waals surface area contributed by atoms with Crippen molar-refractivity contribution in [1.82, 2.24) is 4.98 Å². The second-order valence-corrected chi connectivity index (χ2v) is 10.2. The molecule has 4 aromatic rings. The van der Waals surface area contributed by atoms with Gasteiger partial charge in [-0.05, 0) is 66.7 Å². The molecule has 5 rings (SSSR count). The van der Waals surface area contributed by atoms with Crippen LogP contribution in [0.25, 0.3) is 11.3 Å². The van der Waals surface area contributed by atoms with Crippen molar-refractivity contribution < 1.29 is 19.1 Å². The lowest BCUT2D eigenvalue weighted by Crippen LogP contribution is -2.32. The average molecular weight is 600 g/mol. The predicted octanol–water partition coefficient (Wildman–Crippen LogP) is 6.81. The van der Waals surface area contributed by atoms with E-state index < -0.39 is 11.8 Å². The molecular formula is C27H17Cl3N4O4S. The first kappa shape index (κ1) is 26.7. The molecule has 0 aliphatic carbocycles. The number of carbonyl (C=O) groups excluding carboxylic acids is 3. The average Bonchev–Trinajstić information content (AvgIpc) is 3.47. The summed E-state index contributed by atoms with van der Waals surface area (Å²) in [6.07, 6.45) is 0. The number of rotatable bonds is 7. The van der Waals surface area contributed by atoms with Gasteiger partial charge in [0.1, 0.15) is 16.5 Å². The third kappa shape index (κ3) is 5.48. The van der Waals surface area contributed by atoms with Crippen molar-refractivity contribution in [3.05, 3.63) is 98.4 Å². The smallest absolute Gasteiger partial charge is 0.283 e. The van der Waals surface area contributed by atoms with Crippen molar-refractivity contribution >= 4 is 80.4 Å². The number of hydrogen-bond acceptors (Lipinski definition) is 7. The molecule has 1 aliphatic heterocycles. The van der Waals surface area contributed by atoms with Crippen molar-refractivity contribution in [3.8, 4) is 17.0 Å². The molecule has 8 nitrogen and oxygen atoms in total. The number of amides is 3. The number of carbonyl (C=O) groups is 3. The van der Waals surface area contributed by atoms with E-state index in [0.717, 1.165) is 4.90 Å². The molecule has 12 heteroatoms. The van der Waals surface area contributed by atoms with Crippen LogP contribution >= 0.6 is 46.1 Å². The summed E-state index contributed by atoms with van der Waals surface area (Å²) in [6.45, 7) is 0. The Morgan fingerprint density at radius 2 is 1.67 bits per heavy atom. The summed E-state index contributed by atoms with van der Waals surface area (Å²) in [7, 11) is 1.52. The van der Waals surface area contributed by atoms with Crippen LogP contribution in [0.5, 0.6) is 5.75 Å². The molecule has 3 aromatic carbocycles. The monoisotopic (exact) mass is 598 g/mol. The Bertz CT molecular complexity index is 1640. The van der Waals surface area contributed by atoms with Crippen molar-refractivity contribution in [2.75, 3.05) is 22.6 Å². The van der Waals surface area contributed by atoms with E-state index in [9.17, 15) is 14.4 Å². The molecule has 3 amide bonds. The summed E-state index contributed by atoms with van der Waals surface area (Å²) in [5, 5.41) is 8.56. The minimum atomic E-state index is -0.645. The fourth-order valence-corrected chi connectivity index (χ4v) is 5.17. The standard InChI is InChI=1S/C27H17Cl3N4O4S/c1-38-18-9-7-17(8-10-18)34-25(36)22(30)23(26(34)37)31-16-5-2-14(3-6-16)24(35)33-27-32-21(13-39-27)19-11-4-15(28)12-20(19)29/h2-13,31H,1H3,(H,32,33,35). The molecule has 2 N–H and O–H groups in total. The number of ether oxygens (including phenoxy) is 1. The van der Waals surface area contributed by atoms with Gasteiger partial charge in [0.05, 0.1) is 23.5 Å². The van der Waals surface area contributed by atoms with E-state index >= 15 is 0 Å². The quantitative estimate of drug-likeness (QED) is 0.226. The van der Waals surface area contributed by atoms with Gasteiger partial charge in [-0.3, -0.25) is 19.7 Å². The minimum absolute atomic E-state index is 0.0640. The lowest BCUT2D eigenvalue weighted by molar-refractivity contribution is -0.120. The fourth-order valence-electron chi connectivity index (χ4n) is 3.75. The highest BCUT2D eigenvalue weighted by molar-refractivity contribution is 7.14. The zero-order valence-corrected chi connectivity index (χ0v) is 23.1. The van der Waals surface area contributed by atoms with Gasteiger partial charge in [-0.1, -0.05) is 34.8 Å². The van der Waals surface area contributed by atoms with E-state index in [-0.39, 0.29) is 16.6 Å². The predicted molar refractivity (Wildman–Crippen MR) is 154 cm³/mol. The molecule has 0 unspecified atom stereocenters. The molecule has 2 heterocycles. The zero-order chi connectivity index (χ0) is 27.7. The maximum absolute atomic E-state index is 13.0. The van der Waals surface area contributed by atoms with Gasteiger partial charge in [-0.25, -0.2) is 9.88 Å². The van der Waals surface area contributed by atoms with Gasteiger partial charge in [0.15, 0.2) is 5.13 Å². The van der Waals surface area contributed by atoms with Crippen LogP contribution in [-0.4, -0.2) is 29.8 Å². The first-order valence-corrected chi connectivity index (χ1v) is 13.3. The van der Waals surface area contributed by atoms with Gasteiger partial charge in [0.25, 0.3) is 17.7 Å². The van der Waals surface area contributed by atoms with E-state index in [2.05, 4.69) is 15.6 Å². The summed E-state index contributed by atoms with van der Waals surface area (Å²) in [6, 6.07) is 17.9. The van der Waals surface area contributed by atoms with Crippen molar-refractivity contribution in [2.45, 2.75) is 0 Å². The van der Waals surface area contributed by atoms with Crippen LogP contribution in [0.15, 0.2) is 82.8 Å². The highest BCUT2D eigenvalue weighted by atomic mass is 35.5. The molecule has 1 aromatic heterocycles. The molecule has 0 saturated carbocycles. The second kappa shape index (κ2) is 11.1. The summed E-state index contributed by atoms with van der Waals surface area (Å²) in [5.74, 6) is -1.04. The van der Waals surface area contributed by atoms with Crippen LogP contribution in [-0.2, 0) is 9.59 Å². The van der Waals surface area contributed by atoms with Gasteiger partial charge in [-0.15, -0.1) is 11.3 Å². The summed E-state index contributed by atoms with van der Waals surface area (Å²) in [4.78, 5) is 43.9. The number of nitrogens with one attached hydrogen (secondary N) is 2. The Balaban J connectivity index is 1.25. The Labute approximate surface area is 241 Å². The number of benzene rings is 3. The maximum Gasteiger partial charge on any atom is 0.283 e. The van der Waals surface area contributed by atoms with E-state index in [1.54, 1.807) is 72.1 Å². The normalized spacial score (nSPS) is 13.2. The van der Waals surface area contributed by atoms with Gasteiger partial charge >= 0.3 is 0 Å².